The Labute approximate surface area is 67.5 Å². The summed E-state index contributed by atoms with van der Waals surface area (Å²) in [6.07, 6.45) is 6.69. The molecule has 0 aromatic heterocycles. The molecule has 0 bridgehead atoms. The van der Waals surface area contributed by atoms with Gasteiger partial charge in [-0.15, -0.1) is 0 Å². The van der Waals surface area contributed by atoms with Crippen LogP contribution < -0.4 is 0 Å². The van der Waals surface area contributed by atoms with Crippen molar-refractivity contribution in [2.75, 3.05) is 0 Å². The number of hydrogen-bond donors (Lipinski definition) is 0. The second kappa shape index (κ2) is 1.96. The number of aldehydes is 1. The number of allylic oxidation sites excluding steroid dienone is 2. The van der Waals surface area contributed by atoms with Gasteiger partial charge >= 0.3 is 0 Å². The average Bonchev–Trinajstić information content (AvgIpc) is 2.61. The molecule has 1 fully saturated rings. The quantitative estimate of drug-likeness (QED) is 0.435. The van der Waals surface area contributed by atoms with E-state index in [-0.39, 0.29) is 5.92 Å². The third-order valence-electron chi connectivity index (χ3n) is 3.43. The molecule has 3 atom stereocenters. The van der Waals surface area contributed by atoms with Crippen molar-refractivity contribution in [3.05, 3.63) is 12.2 Å². The first-order valence-corrected chi connectivity index (χ1v) is 4.35. The SMILES string of the molecule is CC(C)[C@@]12C=C[C@@H](C=O)[C@@H]1C2. The van der Waals surface area contributed by atoms with Crippen LogP contribution in [0.1, 0.15) is 20.3 Å². The van der Waals surface area contributed by atoms with Crippen LogP contribution in [0.4, 0.5) is 0 Å². The fourth-order valence-electron chi connectivity index (χ4n) is 2.43. The Morgan fingerprint density at radius 2 is 2.36 bits per heavy atom. The third-order valence-corrected chi connectivity index (χ3v) is 3.43. The molecular formula is C10H14O. The minimum atomic E-state index is 0.234. The molecule has 60 valence electrons. The van der Waals surface area contributed by atoms with E-state index in [1.165, 1.54) is 6.42 Å². The van der Waals surface area contributed by atoms with Crippen LogP contribution in [0.25, 0.3) is 0 Å². The van der Waals surface area contributed by atoms with Crippen LogP contribution in [0.15, 0.2) is 12.2 Å². The van der Waals surface area contributed by atoms with E-state index in [4.69, 9.17) is 0 Å². The summed E-state index contributed by atoms with van der Waals surface area (Å²) in [6, 6.07) is 0. The summed E-state index contributed by atoms with van der Waals surface area (Å²) in [5.41, 5.74) is 0.422. The Balaban J connectivity index is 2.17. The van der Waals surface area contributed by atoms with Crippen molar-refractivity contribution in [2.45, 2.75) is 20.3 Å². The zero-order valence-corrected chi connectivity index (χ0v) is 7.08. The van der Waals surface area contributed by atoms with Crippen LogP contribution >= 0.6 is 0 Å². The van der Waals surface area contributed by atoms with E-state index in [0.717, 1.165) is 6.29 Å². The minimum Gasteiger partial charge on any atom is -0.303 e. The van der Waals surface area contributed by atoms with E-state index in [1.807, 2.05) is 0 Å². The smallest absolute Gasteiger partial charge is 0.127 e. The third kappa shape index (κ3) is 0.741. The van der Waals surface area contributed by atoms with Gasteiger partial charge in [0.05, 0.1) is 0 Å². The van der Waals surface area contributed by atoms with Crippen molar-refractivity contribution < 1.29 is 4.79 Å². The van der Waals surface area contributed by atoms with Crippen molar-refractivity contribution in [1.29, 1.82) is 0 Å². The predicted octanol–water partition coefficient (Wildman–Crippen LogP) is 2.03. The lowest BCUT2D eigenvalue weighted by Gasteiger charge is -2.13. The highest BCUT2D eigenvalue weighted by atomic mass is 16.1. The Morgan fingerprint density at radius 3 is 2.64 bits per heavy atom. The summed E-state index contributed by atoms with van der Waals surface area (Å²) < 4.78 is 0. The van der Waals surface area contributed by atoms with E-state index in [2.05, 4.69) is 26.0 Å². The number of rotatable bonds is 2. The maximum Gasteiger partial charge on any atom is 0.127 e. The number of hydrogen-bond acceptors (Lipinski definition) is 1. The summed E-state index contributed by atoms with van der Waals surface area (Å²) in [4.78, 5) is 10.6. The zero-order chi connectivity index (χ0) is 8.06. The maximum absolute atomic E-state index is 10.6. The van der Waals surface area contributed by atoms with Crippen molar-refractivity contribution in [3.63, 3.8) is 0 Å². The molecule has 2 aliphatic carbocycles. The van der Waals surface area contributed by atoms with Crippen LogP contribution in [0, 0.1) is 23.2 Å². The predicted molar refractivity (Wildman–Crippen MR) is 44.1 cm³/mol. The normalized spacial score (nSPS) is 46.1. The Morgan fingerprint density at radius 1 is 1.64 bits per heavy atom. The molecule has 0 heterocycles. The molecule has 0 aromatic rings. The highest BCUT2D eigenvalue weighted by Crippen LogP contribution is 2.65. The molecule has 0 saturated heterocycles. The molecule has 0 aliphatic heterocycles. The first-order chi connectivity index (χ1) is 5.20. The van der Waals surface area contributed by atoms with Crippen molar-refractivity contribution in [3.8, 4) is 0 Å². The molecule has 0 spiro atoms. The summed E-state index contributed by atoms with van der Waals surface area (Å²) in [5, 5.41) is 0. The molecule has 2 aliphatic rings. The van der Waals surface area contributed by atoms with Gasteiger partial charge in [-0.05, 0) is 23.7 Å². The first-order valence-electron chi connectivity index (χ1n) is 4.35. The van der Waals surface area contributed by atoms with E-state index >= 15 is 0 Å². The van der Waals surface area contributed by atoms with Crippen LogP contribution in [0.3, 0.4) is 0 Å². The van der Waals surface area contributed by atoms with Crippen LogP contribution in [-0.2, 0) is 4.79 Å². The lowest BCUT2D eigenvalue weighted by molar-refractivity contribution is -0.110. The van der Waals surface area contributed by atoms with E-state index in [9.17, 15) is 4.79 Å². The van der Waals surface area contributed by atoms with Gasteiger partial charge in [0.1, 0.15) is 6.29 Å². The minimum absolute atomic E-state index is 0.234. The van der Waals surface area contributed by atoms with Gasteiger partial charge in [-0.3, -0.25) is 0 Å². The Kier molecular flexibility index (Phi) is 1.26. The summed E-state index contributed by atoms with van der Waals surface area (Å²) in [5.74, 6) is 1.59. The molecule has 0 amide bonds. The largest absolute Gasteiger partial charge is 0.303 e. The summed E-state index contributed by atoms with van der Waals surface area (Å²) in [6.45, 7) is 4.50. The van der Waals surface area contributed by atoms with Crippen molar-refractivity contribution in [2.24, 2.45) is 23.2 Å². The molecule has 2 rings (SSSR count). The van der Waals surface area contributed by atoms with Gasteiger partial charge in [-0.2, -0.15) is 0 Å². The van der Waals surface area contributed by atoms with Gasteiger partial charge in [0.2, 0.25) is 0 Å². The summed E-state index contributed by atoms with van der Waals surface area (Å²) >= 11 is 0. The second-order valence-electron chi connectivity index (χ2n) is 4.15. The molecule has 1 nitrogen and oxygen atoms in total. The molecule has 1 heteroatoms. The molecular weight excluding hydrogens is 136 g/mol. The van der Waals surface area contributed by atoms with Crippen molar-refractivity contribution >= 4 is 6.29 Å². The molecule has 11 heavy (non-hydrogen) atoms. The Hall–Kier alpha value is -0.590. The number of carbonyl (C=O) groups excluding carboxylic acids is 1. The molecule has 0 N–H and O–H groups in total. The molecule has 0 aromatic carbocycles. The van der Waals surface area contributed by atoms with Gasteiger partial charge in [0.15, 0.2) is 0 Å². The monoisotopic (exact) mass is 150 g/mol. The first kappa shape index (κ1) is 7.08. The molecule has 1 saturated carbocycles. The fraction of sp³-hybridized carbons (Fsp3) is 0.700. The number of fused-ring (bicyclic) bond motifs is 1. The highest BCUT2D eigenvalue weighted by Gasteiger charge is 2.59. The van der Waals surface area contributed by atoms with E-state index < -0.39 is 0 Å². The van der Waals surface area contributed by atoms with E-state index in [0.29, 0.717) is 17.3 Å². The van der Waals surface area contributed by atoms with Gasteiger partial charge in [0.25, 0.3) is 0 Å². The highest BCUT2D eigenvalue weighted by molar-refractivity contribution is 5.61. The molecule has 0 radical (unpaired) electrons. The Bertz CT molecular complexity index is 217. The average molecular weight is 150 g/mol. The fourth-order valence-corrected chi connectivity index (χ4v) is 2.43. The summed E-state index contributed by atoms with van der Waals surface area (Å²) in [7, 11) is 0. The zero-order valence-electron chi connectivity index (χ0n) is 7.08. The van der Waals surface area contributed by atoms with Crippen molar-refractivity contribution in [1.82, 2.24) is 0 Å². The molecule has 0 unspecified atom stereocenters. The van der Waals surface area contributed by atoms with Gasteiger partial charge in [-0.1, -0.05) is 26.0 Å². The van der Waals surface area contributed by atoms with Crippen LogP contribution in [-0.4, -0.2) is 6.29 Å². The van der Waals surface area contributed by atoms with Gasteiger partial charge < -0.3 is 4.79 Å². The topological polar surface area (TPSA) is 17.1 Å². The lowest BCUT2D eigenvalue weighted by Crippen LogP contribution is -2.08. The van der Waals surface area contributed by atoms with Gasteiger partial charge in [-0.25, -0.2) is 0 Å². The van der Waals surface area contributed by atoms with Crippen LogP contribution in [0.5, 0.6) is 0 Å². The van der Waals surface area contributed by atoms with Crippen LogP contribution in [0.2, 0.25) is 0 Å². The maximum atomic E-state index is 10.6. The second-order valence-corrected chi connectivity index (χ2v) is 4.15. The van der Waals surface area contributed by atoms with Gasteiger partial charge in [0, 0.05) is 5.92 Å². The standard InChI is InChI=1S/C10H14O/c1-7(2)10-4-3-8(6-11)9(10)5-10/h3-4,6-9H,5H2,1-2H3/t8-,9-,10-/m0/s1. The van der Waals surface area contributed by atoms with E-state index in [1.54, 1.807) is 0 Å². The number of carbonyl (C=O) groups is 1. The lowest BCUT2D eigenvalue weighted by atomic mass is 9.91.